The second kappa shape index (κ2) is 1.73. The van der Waals surface area contributed by atoms with Crippen molar-refractivity contribution in [2.75, 3.05) is 0 Å². The van der Waals surface area contributed by atoms with Gasteiger partial charge in [-0.3, -0.25) is 0 Å². The minimum Gasteiger partial charge on any atom is -0.0874 e. The first kappa shape index (κ1) is 6.14. The molecule has 33 valence electrons. The molecule has 0 aromatic heterocycles. The van der Waals surface area contributed by atoms with Crippen LogP contribution in [-0.2, 0) is 0 Å². The van der Waals surface area contributed by atoms with Crippen molar-refractivity contribution in [2.45, 2.75) is 11.3 Å². The maximum Gasteiger partial charge on any atom is 0.176 e. The molecule has 0 bridgehead atoms. The monoisotopic (exact) mass is 121 g/mol. The first-order chi connectivity index (χ1) is 2.56. The van der Waals surface area contributed by atoms with Crippen LogP contribution < -0.4 is 0 Å². The van der Waals surface area contributed by atoms with Crippen molar-refractivity contribution in [3.05, 3.63) is 6.42 Å². The number of alkyl halides is 2. The molecule has 0 aromatic carbocycles. The van der Waals surface area contributed by atoms with Gasteiger partial charge >= 0.3 is 0 Å². The van der Waals surface area contributed by atoms with Crippen LogP contribution in [0.1, 0.15) is 6.92 Å². The van der Waals surface area contributed by atoms with Gasteiger partial charge in [0.05, 0.1) is 0 Å². The highest BCUT2D eigenvalue weighted by Gasteiger charge is 2.08. The Morgan fingerprint density at radius 3 is 1.83 bits per heavy atom. The smallest absolute Gasteiger partial charge is 0.0874 e. The summed E-state index contributed by atoms with van der Waals surface area (Å²) in [5.41, 5.74) is 0. The van der Waals surface area contributed by atoms with Crippen LogP contribution in [0, 0.1) is 12.3 Å². The topological polar surface area (TPSA) is 0 Å². The van der Waals surface area contributed by atoms with Gasteiger partial charge in [-0.25, -0.2) is 0 Å². The zero-order valence-corrected chi connectivity index (χ0v) is 4.77. The van der Waals surface area contributed by atoms with Gasteiger partial charge in [-0.1, -0.05) is 23.2 Å². The molecule has 0 nitrogen and oxygen atoms in total. The molecular weight excluding hydrogens is 119 g/mol. The van der Waals surface area contributed by atoms with E-state index in [2.05, 4.69) is 0 Å². The third-order valence-electron chi connectivity index (χ3n) is 0.219. The van der Waals surface area contributed by atoms with Crippen molar-refractivity contribution < 1.29 is 0 Å². The highest BCUT2D eigenvalue weighted by molar-refractivity contribution is 6.50. The molecule has 0 saturated heterocycles. The van der Waals surface area contributed by atoms with Crippen molar-refractivity contribution >= 4 is 23.2 Å². The average molecular weight is 122 g/mol. The molecular formula is C4H3Cl2. The van der Waals surface area contributed by atoms with Gasteiger partial charge in [-0.15, -0.1) is 0 Å². The molecule has 0 aliphatic rings. The van der Waals surface area contributed by atoms with Gasteiger partial charge in [0.25, 0.3) is 0 Å². The lowest BCUT2D eigenvalue weighted by atomic mass is 10.5. The molecule has 0 unspecified atom stereocenters. The zero-order valence-electron chi connectivity index (χ0n) is 3.26. The molecule has 1 radical (unpaired) electrons. The van der Waals surface area contributed by atoms with E-state index in [9.17, 15) is 0 Å². The first-order valence-corrected chi connectivity index (χ1v) is 2.13. The molecule has 0 aliphatic carbocycles. The molecule has 2 heteroatoms. The number of rotatable bonds is 0. The van der Waals surface area contributed by atoms with Gasteiger partial charge in [0.1, 0.15) is 0 Å². The molecule has 0 amide bonds. The summed E-state index contributed by atoms with van der Waals surface area (Å²) in [5, 5.41) is 0. The van der Waals surface area contributed by atoms with Crippen molar-refractivity contribution in [1.29, 1.82) is 0 Å². The summed E-state index contributed by atoms with van der Waals surface area (Å²) in [5.74, 6) is 1.89. The highest BCUT2D eigenvalue weighted by atomic mass is 35.5. The third kappa shape index (κ3) is 4.14. The fourth-order valence-corrected chi connectivity index (χ4v) is 0. The Morgan fingerprint density at radius 1 is 1.67 bits per heavy atom. The maximum absolute atomic E-state index is 6.34. The van der Waals surface area contributed by atoms with Crippen molar-refractivity contribution in [2.24, 2.45) is 0 Å². The van der Waals surface area contributed by atoms with E-state index in [1.807, 2.05) is 5.92 Å². The molecule has 6 heavy (non-hydrogen) atoms. The van der Waals surface area contributed by atoms with Crippen LogP contribution in [0.2, 0.25) is 0 Å². The van der Waals surface area contributed by atoms with Gasteiger partial charge < -0.3 is 0 Å². The van der Waals surface area contributed by atoms with Crippen LogP contribution in [0.5, 0.6) is 0 Å². The van der Waals surface area contributed by atoms with Crippen molar-refractivity contribution in [3.8, 4) is 5.92 Å². The Morgan fingerprint density at radius 2 is 1.83 bits per heavy atom. The lowest BCUT2D eigenvalue weighted by Gasteiger charge is -1.97. The largest absolute Gasteiger partial charge is 0.176 e. The Hall–Kier alpha value is 0.140. The van der Waals surface area contributed by atoms with Crippen LogP contribution >= 0.6 is 23.2 Å². The van der Waals surface area contributed by atoms with E-state index in [0.29, 0.717) is 0 Å². The number of hydrogen-bond donors (Lipinski definition) is 0. The fourth-order valence-electron chi connectivity index (χ4n) is 0. The van der Waals surface area contributed by atoms with Crippen LogP contribution in [0.15, 0.2) is 0 Å². The zero-order chi connectivity index (χ0) is 5.21. The SMILES string of the molecule is [C]#CC(C)(Cl)Cl. The summed E-state index contributed by atoms with van der Waals surface area (Å²) in [6.07, 6.45) is 6.34. The van der Waals surface area contributed by atoms with Crippen LogP contribution in [-0.4, -0.2) is 4.33 Å². The van der Waals surface area contributed by atoms with Crippen molar-refractivity contribution in [3.63, 3.8) is 0 Å². The van der Waals surface area contributed by atoms with Crippen LogP contribution in [0.4, 0.5) is 0 Å². The third-order valence-corrected chi connectivity index (χ3v) is 0.408. The van der Waals surface area contributed by atoms with E-state index in [-0.39, 0.29) is 0 Å². The van der Waals surface area contributed by atoms with E-state index >= 15 is 0 Å². The van der Waals surface area contributed by atoms with E-state index in [1.54, 1.807) is 0 Å². The van der Waals surface area contributed by atoms with E-state index in [4.69, 9.17) is 29.6 Å². The second-order valence-corrected chi connectivity index (χ2v) is 2.72. The lowest BCUT2D eigenvalue weighted by molar-refractivity contribution is 1.17. The minimum atomic E-state index is -1.10. The Bertz CT molecular complexity index is 72.5. The van der Waals surface area contributed by atoms with Gasteiger partial charge in [-0.2, -0.15) is 0 Å². The molecule has 0 spiro atoms. The summed E-state index contributed by atoms with van der Waals surface area (Å²) in [6, 6.07) is 0. The molecule has 0 aromatic rings. The lowest BCUT2D eigenvalue weighted by Crippen LogP contribution is -1.98. The maximum atomic E-state index is 6.34. The van der Waals surface area contributed by atoms with Crippen LogP contribution in [0.25, 0.3) is 0 Å². The molecule has 0 aliphatic heterocycles. The fraction of sp³-hybridized carbons (Fsp3) is 0.500. The minimum absolute atomic E-state index is 1.10. The van der Waals surface area contributed by atoms with Gasteiger partial charge in [0, 0.05) is 0 Å². The Kier molecular flexibility index (Phi) is 1.77. The quantitative estimate of drug-likeness (QED) is 0.339. The van der Waals surface area contributed by atoms with Crippen LogP contribution in [0.3, 0.4) is 0 Å². The Balaban J connectivity index is 3.55. The summed E-state index contributed by atoms with van der Waals surface area (Å²) >= 11 is 10.4. The number of halogens is 2. The van der Waals surface area contributed by atoms with E-state index < -0.39 is 4.33 Å². The Labute approximate surface area is 47.4 Å². The highest BCUT2D eigenvalue weighted by Crippen LogP contribution is 2.16. The molecule has 0 atom stereocenters. The predicted octanol–water partition coefficient (Wildman–Crippen LogP) is 1.77. The van der Waals surface area contributed by atoms with E-state index in [0.717, 1.165) is 0 Å². The number of hydrogen-bond acceptors (Lipinski definition) is 0. The normalized spacial score (nSPS) is 10.3. The molecule has 0 rings (SSSR count). The second-order valence-electron chi connectivity index (χ2n) is 1.01. The molecule has 0 heterocycles. The summed E-state index contributed by atoms with van der Waals surface area (Å²) in [7, 11) is 0. The average Bonchev–Trinajstić information content (AvgIpc) is 1.35. The standard InChI is InChI=1S/C4H3Cl2/c1-3-4(2,5)6/h2H3. The summed E-state index contributed by atoms with van der Waals surface area (Å²) in [6.45, 7) is 1.48. The van der Waals surface area contributed by atoms with E-state index in [1.165, 1.54) is 6.92 Å². The van der Waals surface area contributed by atoms with Crippen molar-refractivity contribution in [1.82, 2.24) is 0 Å². The predicted molar refractivity (Wildman–Crippen MR) is 27.2 cm³/mol. The summed E-state index contributed by atoms with van der Waals surface area (Å²) in [4.78, 5) is 0. The first-order valence-electron chi connectivity index (χ1n) is 1.38. The van der Waals surface area contributed by atoms with Gasteiger partial charge in [0.2, 0.25) is 0 Å². The molecule has 0 saturated carbocycles. The molecule has 0 fully saturated rings. The van der Waals surface area contributed by atoms with Gasteiger partial charge in [-0.05, 0) is 19.3 Å². The van der Waals surface area contributed by atoms with Gasteiger partial charge in [0.15, 0.2) is 4.33 Å². The summed E-state index contributed by atoms with van der Waals surface area (Å²) < 4.78 is -1.10. The molecule has 0 N–H and O–H groups in total.